The summed E-state index contributed by atoms with van der Waals surface area (Å²) in [6.07, 6.45) is 12.0. The molecule has 158 valence electrons. The third kappa shape index (κ3) is 7.55. The van der Waals surface area contributed by atoms with Gasteiger partial charge in [0, 0.05) is 25.9 Å². The van der Waals surface area contributed by atoms with Gasteiger partial charge in [-0.15, -0.1) is 0 Å². The van der Waals surface area contributed by atoms with Crippen LogP contribution in [0.25, 0.3) is 6.08 Å². The maximum absolute atomic E-state index is 12.2. The summed E-state index contributed by atoms with van der Waals surface area (Å²) >= 11 is 0. The first-order valence-corrected chi connectivity index (χ1v) is 8.91. The Hall–Kier alpha value is -4.01. The van der Waals surface area contributed by atoms with E-state index in [0.717, 1.165) is 5.57 Å². The Morgan fingerprint density at radius 1 is 1.10 bits per heavy atom. The van der Waals surface area contributed by atoms with Gasteiger partial charge in [0.25, 0.3) is 0 Å². The van der Waals surface area contributed by atoms with Crippen molar-refractivity contribution in [1.82, 2.24) is 10.2 Å². The van der Waals surface area contributed by atoms with Crippen LogP contribution < -0.4 is 14.8 Å². The number of rotatable bonds is 10. The lowest BCUT2D eigenvalue weighted by Gasteiger charge is -2.12. The van der Waals surface area contributed by atoms with Crippen molar-refractivity contribution in [3.8, 4) is 11.5 Å². The second-order valence-corrected chi connectivity index (χ2v) is 6.11. The molecule has 2 rings (SSSR count). The Balaban J connectivity index is 2.07. The number of nitrogens with one attached hydrogen (secondary N) is 1. The van der Waals surface area contributed by atoms with Gasteiger partial charge in [0.1, 0.15) is 0 Å². The Morgan fingerprint density at radius 3 is 2.43 bits per heavy atom. The molecule has 1 aliphatic heterocycles. The van der Waals surface area contributed by atoms with Gasteiger partial charge in [-0.1, -0.05) is 12.1 Å². The standard InChI is InChI=1S/C21H22N2O7/c1-23(19(24)5-3-15-6-9-22-10-7-15)11-8-16-2-4-17(29-13-20(25)26)18(12-16)30-14-21(27)28/h2-9,11-12,22H,10,13-14H2,1H3,(H,25,26)(H,27,28)/b5-3+,11-8+/i1-1. The van der Waals surface area contributed by atoms with Gasteiger partial charge in [0.2, 0.25) is 5.91 Å². The van der Waals surface area contributed by atoms with Crippen molar-refractivity contribution in [1.29, 1.82) is 0 Å². The number of dihydropyridines is 1. The summed E-state index contributed by atoms with van der Waals surface area (Å²) in [5.74, 6) is -2.41. The normalized spacial score (nSPS) is 13.0. The predicted molar refractivity (Wildman–Crippen MR) is 109 cm³/mol. The summed E-state index contributed by atoms with van der Waals surface area (Å²) in [7, 11) is 1.60. The first-order valence-electron chi connectivity index (χ1n) is 8.91. The second-order valence-electron chi connectivity index (χ2n) is 6.11. The first-order chi connectivity index (χ1) is 14.3. The van der Waals surface area contributed by atoms with Crippen LogP contribution in [0, 0.1) is 0 Å². The molecule has 1 amide bonds. The van der Waals surface area contributed by atoms with Crippen LogP contribution in [0.3, 0.4) is 0 Å². The van der Waals surface area contributed by atoms with E-state index in [2.05, 4.69) is 5.32 Å². The molecule has 0 aliphatic carbocycles. The van der Waals surface area contributed by atoms with Crippen LogP contribution in [0.15, 0.2) is 60.5 Å². The number of carboxylic acid groups (broad SMARTS) is 2. The van der Waals surface area contributed by atoms with Gasteiger partial charge < -0.3 is 29.9 Å². The van der Waals surface area contributed by atoms with Crippen LogP contribution in [0.4, 0.5) is 0 Å². The number of ether oxygens (including phenoxy) is 2. The van der Waals surface area contributed by atoms with Crippen molar-refractivity contribution in [2.24, 2.45) is 0 Å². The van der Waals surface area contributed by atoms with Crippen molar-refractivity contribution in [3.05, 3.63) is 66.0 Å². The molecule has 0 bridgehead atoms. The molecule has 3 N–H and O–H groups in total. The van der Waals surface area contributed by atoms with E-state index in [-0.39, 0.29) is 17.4 Å². The molecule has 0 atom stereocenters. The zero-order valence-electron chi connectivity index (χ0n) is 16.3. The molecule has 0 radical (unpaired) electrons. The number of hydrogen-bond donors (Lipinski definition) is 3. The molecular formula is C21H22N2O7. The Labute approximate surface area is 173 Å². The quantitative estimate of drug-likeness (QED) is 0.495. The minimum absolute atomic E-state index is 0.0827. The highest BCUT2D eigenvalue weighted by molar-refractivity contribution is 5.89. The average Bonchev–Trinajstić information content (AvgIpc) is 2.73. The third-order valence-corrected chi connectivity index (χ3v) is 3.78. The van der Waals surface area contributed by atoms with Gasteiger partial charge in [-0.3, -0.25) is 4.79 Å². The number of carboxylic acids is 2. The predicted octanol–water partition coefficient (Wildman–Crippen LogP) is 1.64. The molecule has 1 aliphatic rings. The summed E-state index contributed by atoms with van der Waals surface area (Å²) < 4.78 is 10.3. The lowest BCUT2D eigenvalue weighted by atomic mass is 10.1. The van der Waals surface area contributed by atoms with Crippen LogP contribution >= 0.6 is 0 Å². The number of carbonyl (C=O) groups excluding carboxylic acids is 1. The number of benzene rings is 1. The molecule has 1 heterocycles. The third-order valence-electron chi connectivity index (χ3n) is 3.78. The molecule has 0 saturated heterocycles. The summed E-state index contributed by atoms with van der Waals surface area (Å²) in [5.41, 5.74) is 1.53. The Bertz CT molecular complexity index is 916. The largest absolute Gasteiger partial charge is 0.479 e. The van der Waals surface area contributed by atoms with Gasteiger partial charge in [-0.2, -0.15) is 0 Å². The molecule has 9 nitrogen and oxygen atoms in total. The fraction of sp³-hybridized carbons (Fsp3) is 0.190. The van der Waals surface area contributed by atoms with E-state index in [1.165, 1.54) is 23.1 Å². The lowest BCUT2D eigenvalue weighted by Crippen LogP contribution is -2.18. The molecule has 1 aromatic rings. The highest BCUT2D eigenvalue weighted by Crippen LogP contribution is 2.29. The molecule has 0 aromatic heterocycles. The maximum Gasteiger partial charge on any atom is 0.341 e. The van der Waals surface area contributed by atoms with Crippen molar-refractivity contribution >= 4 is 23.9 Å². The molecule has 0 saturated carbocycles. The van der Waals surface area contributed by atoms with Crippen LogP contribution in [0.2, 0.25) is 0 Å². The monoisotopic (exact) mass is 413 g/mol. The van der Waals surface area contributed by atoms with Gasteiger partial charge in [0.15, 0.2) is 24.7 Å². The van der Waals surface area contributed by atoms with E-state index in [1.54, 1.807) is 31.5 Å². The number of likely N-dealkylation sites (N-methyl/N-ethyl adjacent to an activating group) is 1. The molecule has 30 heavy (non-hydrogen) atoms. The minimum Gasteiger partial charge on any atom is -0.479 e. The van der Waals surface area contributed by atoms with E-state index < -0.39 is 25.2 Å². The van der Waals surface area contributed by atoms with Crippen molar-refractivity contribution < 1.29 is 34.1 Å². The number of carbonyl (C=O) groups is 3. The van der Waals surface area contributed by atoms with Crippen molar-refractivity contribution in [2.45, 2.75) is 0 Å². The number of nitrogens with zero attached hydrogens (tertiary/aromatic N) is 1. The van der Waals surface area contributed by atoms with E-state index in [1.807, 2.05) is 18.4 Å². The van der Waals surface area contributed by atoms with Crippen molar-refractivity contribution in [3.63, 3.8) is 0 Å². The van der Waals surface area contributed by atoms with Gasteiger partial charge in [-0.25, -0.2) is 9.59 Å². The number of amides is 1. The summed E-state index contributed by atoms with van der Waals surface area (Å²) in [4.78, 5) is 35.0. The zero-order chi connectivity index (χ0) is 21.9. The van der Waals surface area contributed by atoms with Crippen LogP contribution in [-0.4, -0.2) is 59.8 Å². The SMILES string of the molecule is [11CH3]N(/C=C/c1ccc(OCC(=O)O)c(OCC(=O)O)c1)C(=O)/C=C/C1=CCNC=C1. The molecule has 9 heteroatoms. The smallest absolute Gasteiger partial charge is 0.341 e. The van der Waals surface area contributed by atoms with Crippen molar-refractivity contribution in [2.75, 3.05) is 26.8 Å². The topological polar surface area (TPSA) is 125 Å². The van der Waals surface area contributed by atoms with E-state index in [0.29, 0.717) is 12.1 Å². The summed E-state index contributed by atoms with van der Waals surface area (Å²) in [5, 5.41) is 20.6. The number of hydrogen-bond acceptors (Lipinski definition) is 6. The first kappa shape index (κ1) is 22.3. The molecule has 0 unspecified atom stereocenters. The van der Waals surface area contributed by atoms with Crippen LogP contribution in [0.5, 0.6) is 11.5 Å². The zero-order valence-corrected chi connectivity index (χ0v) is 16.3. The highest BCUT2D eigenvalue weighted by Gasteiger charge is 2.10. The minimum atomic E-state index is -1.18. The Morgan fingerprint density at radius 2 is 1.80 bits per heavy atom. The summed E-state index contributed by atoms with van der Waals surface area (Å²) in [6.45, 7) is -0.498. The summed E-state index contributed by atoms with van der Waals surface area (Å²) in [6, 6.07) is 4.59. The molecule has 0 fully saturated rings. The van der Waals surface area contributed by atoms with Gasteiger partial charge in [0.05, 0.1) is 0 Å². The van der Waals surface area contributed by atoms with Crippen LogP contribution in [0.1, 0.15) is 5.56 Å². The molecule has 0 spiro atoms. The van der Waals surface area contributed by atoms with Gasteiger partial charge in [-0.05, 0) is 47.7 Å². The lowest BCUT2D eigenvalue weighted by molar-refractivity contribution is -0.140. The number of allylic oxidation sites excluding steroid dienone is 3. The van der Waals surface area contributed by atoms with Crippen LogP contribution in [-0.2, 0) is 14.4 Å². The van der Waals surface area contributed by atoms with E-state index in [4.69, 9.17) is 19.7 Å². The fourth-order valence-corrected chi connectivity index (χ4v) is 2.29. The number of aliphatic carboxylic acids is 2. The molecular weight excluding hydrogens is 391 g/mol. The van der Waals surface area contributed by atoms with E-state index >= 15 is 0 Å². The average molecular weight is 413 g/mol. The molecule has 1 aromatic carbocycles. The fourth-order valence-electron chi connectivity index (χ4n) is 2.29. The second kappa shape index (κ2) is 11.1. The maximum atomic E-state index is 12.2. The highest BCUT2D eigenvalue weighted by atomic mass is 16.5. The van der Waals surface area contributed by atoms with E-state index in [9.17, 15) is 14.4 Å². The van der Waals surface area contributed by atoms with Gasteiger partial charge >= 0.3 is 11.9 Å². The Kier molecular flexibility index (Phi) is 8.25.